The molecule has 0 amide bonds. The number of fused-ring (bicyclic) bond motifs is 1. The van der Waals surface area contributed by atoms with Crippen molar-refractivity contribution in [3.63, 3.8) is 0 Å². The van der Waals surface area contributed by atoms with E-state index in [1.54, 1.807) is 6.33 Å². The van der Waals surface area contributed by atoms with E-state index < -0.39 is 11.7 Å². The number of likely N-dealkylation sites (tertiary alicyclic amines) is 1. The average Bonchev–Trinajstić information content (AvgIpc) is 3.49. The number of hydrogen-bond acceptors (Lipinski definition) is 8. The van der Waals surface area contributed by atoms with Gasteiger partial charge in [-0.25, -0.2) is 4.98 Å². The van der Waals surface area contributed by atoms with Crippen molar-refractivity contribution < 1.29 is 17.9 Å². The Balaban J connectivity index is 1.12. The van der Waals surface area contributed by atoms with Gasteiger partial charge < -0.3 is 24.8 Å². The number of nitrogens with zero attached hydrogens (tertiary/aromatic N) is 6. The predicted octanol–water partition coefficient (Wildman–Crippen LogP) is 6.55. The quantitative estimate of drug-likeness (QED) is 0.187. The van der Waals surface area contributed by atoms with Gasteiger partial charge in [0.1, 0.15) is 0 Å². The summed E-state index contributed by atoms with van der Waals surface area (Å²) in [6, 6.07) is 24.1. The Bertz CT molecular complexity index is 1760. The van der Waals surface area contributed by atoms with Crippen molar-refractivity contribution in [2.45, 2.75) is 38.1 Å². The minimum Gasteiger partial charge on any atom is -0.378 e. The summed E-state index contributed by atoms with van der Waals surface area (Å²) in [5, 5.41) is 7.01. The number of rotatable bonds is 9. The number of nitrogens with one attached hydrogen (secondary N) is 2. The van der Waals surface area contributed by atoms with Crippen molar-refractivity contribution in [2.24, 2.45) is 0 Å². The normalized spacial score (nSPS) is 16.4. The van der Waals surface area contributed by atoms with E-state index in [9.17, 15) is 13.2 Å². The molecule has 2 fully saturated rings. The number of benzene rings is 3. The molecule has 244 valence electrons. The van der Waals surface area contributed by atoms with Gasteiger partial charge in [0.2, 0.25) is 5.95 Å². The third-order valence-electron chi connectivity index (χ3n) is 8.77. The summed E-state index contributed by atoms with van der Waals surface area (Å²) in [6.07, 6.45) is -0.822. The molecule has 2 aliphatic rings. The standard InChI is InChI=1S/C35H37F3N8O/c36-35(37,38)27-8-6-26(7-9-27)23-46-24-39-31-32(40-28-10-12-30(13-11-28)45-18-20-47-21-19-45)42-34(43-33(31)46)41-29-14-16-44(17-15-29)22-25-4-2-1-3-5-25/h1-13,24,29H,14-23H2,(H2,40,41,42,43). The molecule has 12 heteroatoms. The van der Waals surface area contributed by atoms with Crippen molar-refractivity contribution in [1.82, 2.24) is 24.4 Å². The van der Waals surface area contributed by atoms with Gasteiger partial charge in [0.25, 0.3) is 0 Å². The van der Waals surface area contributed by atoms with Crippen LogP contribution in [-0.4, -0.2) is 69.9 Å². The number of hydrogen-bond donors (Lipinski definition) is 2. The minimum atomic E-state index is -4.38. The molecule has 4 heterocycles. The van der Waals surface area contributed by atoms with Crippen LogP contribution in [0.5, 0.6) is 0 Å². The highest BCUT2D eigenvalue weighted by atomic mass is 19.4. The first-order valence-electron chi connectivity index (χ1n) is 16.0. The van der Waals surface area contributed by atoms with Gasteiger partial charge in [-0.3, -0.25) is 4.90 Å². The largest absolute Gasteiger partial charge is 0.416 e. The SMILES string of the molecule is FC(F)(F)c1ccc(Cn2cnc3c(Nc4ccc(N5CCOCC5)cc4)nc(NC4CCN(Cc5ccccc5)CC4)nc32)cc1. The van der Waals surface area contributed by atoms with E-state index >= 15 is 0 Å². The molecular formula is C35H37F3N8O. The number of halogens is 3. The number of alkyl halides is 3. The highest BCUT2D eigenvalue weighted by Crippen LogP contribution is 2.30. The first-order chi connectivity index (χ1) is 22.9. The zero-order chi connectivity index (χ0) is 32.2. The second-order valence-electron chi connectivity index (χ2n) is 12.1. The Morgan fingerprint density at radius 3 is 2.19 bits per heavy atom. The molecule has 2 N–H and O–H groups in total. The van der Waals surface area contributed by atoms with Crippen molar-refractivity contribution in [2.75, 3.05) is 54.9 Å². The lowest BCUT2D eigenvalue weighted by Crippen LogP contribution is -2.39. The van der Waals surface area contributed by atoms with E-state index in [0.29, 0.717) is 35.0 Å². The van der Waals surface area contributed by atoms with E-state index in [2.05, 4.69) is 61.8 Å². The molecule has 0 saturated carbocycles. The molecule has 0 radical (unpaired) electrons. The van der Waals surface area contributed by atoms with Crippen molar-refractivity contribution in [1.29, 1.82) is 0 Å². The van der Waals surface area contributed by atoms with Crippen LogP contribution in [0.15, 0.2) is 85.2 Å². The molecule has 0 unspecified atom stereocenters. The molecular weight excluding hydrogens is 605 g/mol. The van der Waals surface area contributed by atoms with Crippen molar-refractivity contribution in [3.05, 3.63) is 102 Å². The van der Waals surface area contributed by atoms with Crippen LogP contribution in [-0.2, 0) is 24.0 Å². The third kappa shape index (κ3) is 7.50. The average molecular weight is 643 g/mol. The van der Waals surface area contributed by atoms with Gasteiger partial charge in [-0.2, -0.15) is 23.1 Å². The maximum atomic E-state index is 13.1. The van der Waals surface area contributed by atoms with E-state index in [0.717, 1.165) is 82.3 Å². The molecule has 0 bridgehead atoms. The van der Waals surface area contributed by atoms with E-state index in [-0.39, 0.29) is 6.04 Å². The smallest absolute Gasteiger partial charge is 0.378 e. The predicted molar refractivity (Wildman–Crippen MR) is 177 cm³/mol. The van der Waals surface area contributed by atoms with E-state index in [1.807, 2.05) is 22.8 Å². The van der Waals surface area contributed by atoms with Crippen LogP contribution in [0.1, 0.15) is 29.5 Å². The zero-order valence-corrected chi connectivity index (χ0v) is 26.0. The minimum absolute atomic E-state index is 0.200. The molecule has 47 heavy (non-hydrogen) atoms. The third-order valence-corrected chi connectivity index (χ3v) is 8.77. The molecule has 0 atom stereocenters. The lowest BCUT2D eigenvalue weighted by Gasteiger charge is -2.32. The van der Waals surface area contributed by atoms with Gasteiger partial charge in [-0.15, -0.1) is 0 Å². The summed E-state index contributed by atoms with van der Waals surface area (Å²) in [5.74, 6) is 1.05. The van der Waals surface area contributed by atoms with Crippen LogP contribution in [0.4, 0.5) is 36.3 Å². The number of ether oxygens (including phenoxy) is 1. The summed E-state index contributed by atoms with van der Waals surface area (Å²) in [6.45, 7) is 6.31. The van der Waals surface area contributed by atoms with Crippen molar-refractivity contribution >= 4 is 34.3 Å². The van der Waals surface area contributed by atoms with E-state index in [1.165, 1.54) is 17.7 Å². The Kier molecular flexibility index (Phi) is 8.94. The van der Waals surface area contributed by atoms with Gasteiger partial charge in [0.15, 0.2) is 17.0 Å². The summed E-state index contributed by atoms with van der Waals surface area (Å²) < 4.78 is 46.8. The molecule has 5 aromatic rings. The van der Waals surface area contributed by atoms with Gasteiger partial charge in [-0.1, -0.05) is 42.5 Å². The molecule has 2 saturated heterocycles. The zero-order valence-electron chi connectivity index (χ0n) is 26.0. The topological polar surface area (TPSA) is 83.4 Å². The first-order valence-corrected chi connectivity index (χ1v) is 16.0. The van der Waals surface area contributed by atoms with Crippen LogP contribution >= 0.6 is 0 Å². The van der Waals surface area contributed by atoms with Crippen LogP contribution in [0.25, 0.3) is 11.2 Å². The van der Waals surface area contributed by atoms with Gasteiger partial charge in [0, 0.05) is 50.1 Å². The number of aromatic nitrogens is 4. The highest BCUT2D eigenvalue weighted by Gasteiger charge is 2.30. The molecule has 2 aromatic heterocycles. The molecule has 9 nitrogen and oxygen atoms in total. The van der Waals surface area contributed by atoms with Crippen LogP contribution in [0, 0.1) is 0 Å². The van der Waals surface area contributed by atoms with Gasteiger partial charge in [-0.05, 0) is 60.4 Å². The summed E-state index contributed by atoms with van der Waals surface area (Å²) >= 11 is 0. The second kappa shape index (κ2) is 13.6. The molecule has 7 rings (SSSR count). The van der Waals surface area contributed by atoms with Crippen molar-refractivity contribution in [3.8, 4) is 0 Å². The lowest BCUT2D eigenvalue weighted by atomic mass is 10.0. The highest BCUT2D eigenvalue weighted by molar-refractivity contribution is 5.86. The number of morpholine rings is 1. The molecule has 0 spiro atoms. The number of piperidine rings is 1. The Hall–Kier alpha value is -4.68. The van der Waals surface area contributed by atoms with Crippen LogP contribution in [0.2, 0.25) is 0 Å². The summed E-state index contributed by atoms with van der Waals surface area (Å²) in [5.41, 5.74) is 4.51. The maximum Gasteiger partial charge on any atom is 0.416 e. The van der Waals surface area contributed by atoms with Crippen LogP contribution in [0.3, 0.4) is 0 Å². The number of imidazole rings is 1. The summed E-state index contributed by atoms with van der Waals surface area (Å²) in [4.78, 5) is 19.1. The Morgan fingerprint density at radius 2 is 1.49 bits per heavy atom. The summed E-state index contributed by atoms with van der Waals surface area (Å²) in [7, 11) is 0. The second-order valence-corrected chi connectivity index (χ2v) is 12.1. The lowest BCUT2D eigenvalue weighted by molar-refractivity contribution is -0.137. The fourth-order valence-electron chi connectivity index (χ4n) is 6.18. The van der Waals surface area contributed by atoms with Gasteiger partial charge >= 0.3 is 6.18 Å². The Labute approximate surface area is 271 Å². The fraction of sp³-hybridized carbons (Fsp3) is 0.343. The molecule has 3 aromatic carbocycles. The van der Waals surface area contributed by atoms with Crippen LogP contribution < -0.4 is 15.5 Å². The molecule has 0 aliphatic carbocycles. The Morgan fingerprint density at radius 1 is 0.787 bits per heavy atom. The maximum absolute atomic E-state index is 13.1. The van der Waals surface area contributed by atoms with Gasteiger partial charge in [0.05, 0.1) is 31.6 Å². The van der Waals surface area contributed by atoms with E-state index in [4.69, 9.17) is 14.7 Å². The molecule has 2 aliphatic heterocycles. The number of anilines is 4. The fourth-order valence-corrected chi connectivity index (χ4v) is 6.18. The monoisotopic (exact) mass is 642 g/mol. The first kappa shape index (κ1) is 30.9.